The fraction of sp³-hybridized carbons (Fsp3) is 0.333. The molecule has 14 heavy (non-hydrogen) atoms. The monoisotopic (exact) mass is 211 g/mol. The molecule has 4 nitrogen and oxygen atoms in total. The van der Waals surface area contributed by atoms with Gasteiger partial charge in [0.25, 0.3) is 0 Å². The van der Waals surface area contributed by atoms with Crippen molar-refractivity contribution in [3.63, 3.8) is 0 Å². The Labute approximate surface area is 87.3 Å². The number of thioether (sulfide) groups is 1. The molecule has 3 N–H and O–H groups in total. The summed E-state index contributed by atoms with van der Waals surface area (Å²) in [7, 11) is 1.63. The molecule has 0 spiro atoms. The van der Waals surface area contributed by atoms with Crippen LogP contribution < -0.4 is 11.1 Å². The summed E-state index contributed by atoms with van der Waals surface area (Å²) in [4.78, 5) is 15.0. The van der Waals surface area contributed by atoms with E-state index in [2.05, 4.69) is 10.3 Å². The molecule has 0 saturated heterocycles. The number of nitrogens with one attached hydrogen (secondary N) is 1. The second kappa shape index (κ2) is 5.49. The molecule has 0 saturated carbocycles. The van der Waals surface area contributed by atoms with Crippen LogP contribution in [0.1, 0.15) is 6.42 Å². The van der Waals surface area contributed by atoms with Gasteiger partial charge in [-0.15, -0.1) is 11.8 Å². The van der Waals surface area contributed by atoms with Crippen LogP contribution in [-0.2, 0) is 4.79 Å². The summed E-state index contributed by atoms with van der Waals surface area (Å²) in [6.07, 6.45) is 2.18. The number of carbonyl (C=O) groups excluding carboxylic acids is 1. The van der Waals surface area contributed by atoms with Crippen LogP contribution in [0.5, 0.6) is 0 Å². The van der Waals surface area contributed by atoms with Gasteiger partial charge in [0.1, 0.15) is 5.03 Å². The Bertz CT molecular complexity index is 317. The largest absolute Gasteiger partial charge is 0.397 e. The van der Waals surface area contributed by atoms with E-state index >= 15 is 0 Å². The number of hydrogen-bond donors (Lipinski definition) is 2. The van der Waals surface area contributed by atoms with Crippen molar-refractivity contribution in [1.82, 2.24) is 10.3 Å². The minimum Gasteiger partial charge on any atom is -0.397 e. The SMILES string of the molecule is CNC(=O)CCSc1ncccc1N. The van der Waals surface area contributed by atoms with Gasteiger partial charge in [0.05, 0.1) is 5.69 Å². The zero-order valence-corrected chi connectivity index (χ0v) is 8.80. The first-order chi connectivity index (χ1) is 6.74. The maximum atomic E-state index is 10.9. The van der Waals surface area contributed by atoms with Gasteiger partial charge in [0.2, 0.25) is 5.91 Å². The lowest BCUT2D eigenvalue weighted by Gasteiger charge is -2.02. The normalized spacial score (nSPS) is 9.79. The predicted molar refractivity (Wildman–Crippen MR) is 58.1 cm³/mol. The first kappa shape index (κ1) is 10.8. The lowest BCUT2D eigenvalue weighted by molar-refractivity contribution is -0.120. The van der Waals surface area contributed by atoms with Crippen LogP contribution in [0.15, 0.2) is 23.4 Å². The van der Waals surface area contributed by atoms with E-state index in [0.29, 0.717) is 17.9 Å². The van der Waals surface area contributed by atoms with Crippen molar-refractivity contribution in [2.45, 2.75) is 11.4 Å². The third kappa shape index (κ3) is 3.26. The van der Waals surface area contributed by atoms with Crippen molar-refractivity contribution >= 4 is 23.4 Å². The molecule has 0 bridgehead atoms. The van der Waals surface area contributed by atoms with Crippen LogP contribution in [0, 0.1) is 0 Å². The highest BCUT2D eigenvalue weighted by Gasteiger charge is 2.02. The number of rotatable bonds is 4. The average Bonchev–Trinajstić information content (AvgIpc) is 2.20. The van der Waals surface area contributed by atoms with Gasteiger partial charge in [0, 0.05) is 25.4 Å². The molecule has 1 aromatic rings. The van der Waals surface area contributed by atoms with Crippen molar-refractivity contribution in [2.24, 2.45) is 0 Å². The van der Waals surface area contributed by atoms with Crippen LogP contribution in [0.3, 0.4) is 0 Å². The van der Waals surface area contributed by atoms with E-state index in [-0.39, 0.29) is 5.91 Å². The number of pyridine rings is 1. The zero-order valence-electron chi connectivity index (χ0n) is 7.99. The highest BCUT2D eigenvalue weighted by atomic mass is 32.2. The van der Waals surface area contributed by atoms with Gasteiger partial charge in [-0.1, -0.05) is 0 Å². The summed E-state index contributed by atoms with van der Waals surface area (Å²) in [5, 5.41) is 3.35. The summed E-state index contributed by atoms with van der Waals surface area (Å²) in [5.41, 5.74) is 6.35. The van der Waals surface area contributed by atoms with Gasteiger partial charge in [-0.25, -0.2) is 4.98 Å². The van der Waals surface area contributed by atoms with Gasteiger partial charge in [-0.2, -0.15) is 0 Å². The van der Waals surface area contributed by atoms with Crippen LogP contribution in [0.4, 0.5) is 5.69 Å². The van der Waals surface area contributed by atoms with Crippen LogP contribution >= 0.6 is 11.8 Å². The van der Waals surface area contributed by atoms with E-state index in [4.69, 9.17) is 5.73 Å². The average molecular weight is 211 g/mol. The molecular formula is C9H13N3OS. The first-order valence-electron chi connectivity index (χ1n) is 4.28. The summed E-state index contributed by atoms with van der Waals surface area (Å²) >= 11 is 1.49. The lowest BCUT2D eigenvalue weighted by atomic mass is 10.4. The molecule has 0 aliphatic heterocycles. The molecule has 0 aliphatic carbocycles. The quantitative estimate of drug-likeness (QED) is 0.726. The maximum absolute atomic E-state index is 10.9. The van der Waals surface area contributed by atoms with Gasteiger partial charge < -0.3 is 11.1 Å². The molecule has 1 aromatic heterocycles. The Morgan fingerprint density at radius 2 is 2.50 bits per heavy atom. The molecule has 5 heteroatoms. The van der Waals surface area contributed by atoms with Crippen LogP contribution in [0.25, 0.3) is 0 Å². The molecule has 0 aliphatic rings. The summed E-state index contributed by atoms with van der Waals surface area (Å²) in [6, 6.07) is 3.59. The van der Waals surface area contributed by atoms with Gasteiger partial charge in [-0.05, 0) is 12.1 Å². The molecule has 1 rings (SSSR count). The van der Waals surface area contributed by atoms with Crippen molar-refractivity contribution in [2.75, 3.05) is 18.5 Å². The Morgan fingerprint density at radius 3 is 3.14 bits per heavy atom. The molecule has 1 heterocycles. The molecule has 0 unspecified atom stereocenters. The Hall–Kier alpha value is -1.23. The number of nitrogens with zero attached hydrogens (tertiary/aromatic N) is 1. The van der Waals surface area contributed by atoms with Crippen molar-refractivity contribution < 1.29 is 4.79 Å². The Kier molecular flexibility index (Phi) is 4.25. The number of aromatic nitrogens is 1. The number of amides is 1. The van der Waals surface area contributed by atoms with Gasteiger partial charge >= 0.3 is 0 Å². The van der Waals surface area contributed by atoms with Crippen molar-refractivity contribution in [1.29, 1.82) is 0 Å². The number of nitrogen functional groups attached to an aromatic ring is 1. The topological polar surface area (TPSA) is 68.0 Å². The fourth-order valence-electron chi connectivity index (χ4n) is 0.889. The zero-order chi connectivity index (χ0) is 10.4. The standard InChI is InChI=1S/C9H13N3OS/c1-11-8(13)4-6-14-9-7(10)3-2-5-12-9/h2-3,5H,4,6,10H2,1H3,(H,11,13). The van der Waals surface area contributed by atoms with Gasteiger partial charge in [0.15, 0.2) is 0 Å². The minimum atomic E-state index is 0.0343. The molecule has 0 atom stereocenters. The minimum absolute atomic E-state index is 0.0343. The van der Waals surface area contributed by atoms with E-state index in [0.717, 1.165) is 5.03 Å². The van der Waals surface area contributed by atoms with Crippen LogP contribution in [-0.4, -0.2) is 23.7 Å². The second-order valence-corrected chi connectivity index (χ2v) is 3.75. The molecule has 0 aromatic carbocycles. The predicted octanol–water partition coefficient (Wildman–Crippen LogP) is 0.892. The van der Waals surface area contributed by atoms with E-state index < -0.39 is 0 Å². The number of anilines is 1. The molecule has 1 amide bonds. The highest BCUT2D eigenvalue weighted by molar-refractivity contribution is 7.99. The third-order valence-corrected chi connectivity index (χ3v) is 2.67. The number of hydrogen-bond acceptors (Lipinski definition) is 4. The molecule has 76 valence electrons. The molecule has 0 radical (unpaired) electrons. The summed E-state index contributed by atoms with van der Waals surface area (Å²) in [6.45, 7) is 0. The lowest BCUT2D eigenvalue weighted by Crippen LogP contribution is -2.17. The highest BCUT2D eigenvalue weighted by Crippen LogP contribution is 2.21. The van der Waals surface area contributed by atoms with Crippen LogP contribution in [0.2, 0.25) is 0 Å². The molecular weight excluding hydrogens is 198 g/mol. The summed E-state index contributed by atoms with van der Waals surface area (Å²) < 4.78 is 0. The smallest absolute Gasteiger partial charge is 0.220 e. The number of carbonyl (C=O) groups is 1. The van der Waals surface area contributed by atoms with Crippen molar-refractivity contribution in [3.8, 4) is 0 Å². The fourth-order valence-corrected chi connectivity index (χ4v) is 1.74. The van der Waals surface area contributed by atoms with E-state index in [1.165, 1.54) is 11.8 Å². The Morgan fingerprint density at radius 1 is 1.71 bits per heavy atom. The molecule has 0 fully saturated rings. The van der Waals surface area contributed by atoms with E-state index in [1.807, 2.05) is 0 Å². The van der Waals surface area contributed by atoms with Crippen molar-refractivity contribution in [3.05, 3.63) is 18.3 Å². The first-order valence-corrected chi connectivity index (χ1v) is 5.26. The number of nitrogens with two attached hydrogens (primary N) is 1. The second-order valence-electron chi connectivity index (χ2n) is 2.67. The summed E-state index contributed by atoms with van der Waals surface area (Å²) in [5.74, 6) is 0.730. The van der Waals surface area contributed by atoms with Gasteiger partial charge in [-0.3, -0.25) is 4.79 Å². The van der Waals surface area contributed by atoms with E-state index in [9.17, 15) is 4.79 Å². The third-order valence-electron chi connectivity index (χ3n) is 1.65. The maximum Gasteiger partial charge on any atom is 0.220 e. The van der Waals surface area contributed by atoms with E-state index in [1.54, 1.807) is 25.4 Å². The Balaban J connectivity index is 2.39.